The molecule has 0 amide bonds. The predicted molar refractivity (Wildman–Crippen MR) is 69.1 cm³/mol. The molecule has 0 aliphatic carbocycles. The molecule has 2 rings (SSSR count). The molecule has 94 valence electrons. The monoisotopic (exact) mass is 254 g/mol. The average molecular weight is 254 g/mol. The topological polar surface area (TPSA) is 55.0 Å². The van der Waals surface area contributed by atoms with Gasteiger partial charge in [-0.15, -0.1) is 0 Å². The molecule has 4 nitrogen and oxygen atoms in total. The van der Waals surface area contributed by atoms with E-state index < -0.39 is 0 Å². The van der Waals surface area contributed by atoms with Gasteiger partial charge in [0.2, 0.25) is 0 Å². The maximum absolute atomic E-state index is 11.9. The molecule has 1 unspecified atom stereocenters. The fraction of sp³-hybridized carbons (Fsp3) is 0.667. The predicted octanol–water partition coefficient (Wildman–Crippen LogP) is 2.25. The van der Waals surface area contributed by atoms with Crippen LogP contribution >= 0.6 is 11.8 Å². The molecule has 5 heteroatoms. The number of aromatic amines is 1. The molecule has 0 spiro atoms. The number of fused-ring (bicyclic) bond motifs is 1. The van der Waals surface area contributed by atoms with Crippen molar-refractivity contribution in [1.29, 1.82) is 0 Å². The Bertz CT molecular complexity index is 456. The van der Waals surface area contributed by atoms with Gasteiger partial charge in [0.15, 0.2) is 0 Å². The lowest BCUT2D eigenvalue weighted by Crippen LogP contribution is -2.22. The van der Waals surface area contributed by atoms with Crippen LogP contribution in [-0.2, 0) is 16.2 Å². The number of nitrogens with zero attached hydrogens (tertiary/aromatic N) is 1. The minimum absolute atomic E-state index is 0.000327. The molecule has 1 aromatic heterocycles. The van der Waals surface area contributed by atoms with Crippen LogP contribution in [0.4, 0.5) is 0 Å². The average Bonchev–Trinajstić information content (AvgIpc) is 2.73. The van der Waals surface area contributed by atoms with Gasteiger partial charge in [-0.25, -0.2) is 4.98 Å². The molecule has 1 aromatic rings. The molecule has 17 heavy (non-hydrogen) atoms. The van der Waals surface area contributed by atoms with Crippen LogP contribution < -0.4 is 5.56 Å². The standard InChI is InChI=1S/C12H18N2O2S/c1-4-16-10(7(2)3)11-13-9-6-17-5-8(9)12(15)14-11/h7,10H,4-6H2,1-3H3,(H,13,14,15). The summed E-state index contributed by atoms with van der Waals surface area (Å²) in [4.78, 5) is 19.3. The van der Waals surface area contributed by atoms with E-state index >= 15 is 0 Å². The number of hydrogen-bond donors (Lipinski definition) is 1. The van der Waals surface area contributed by atoms with Crippen molar-refractivity contribution in [2.24, 2.45) is 5.92 Å². The molecule has 1 atom stereocenters. The highest BCUT2D eigenvalue weighted by atomic mass is 32.2. The van der Waals surface area contributed by atoms with Gasteiger partial charge < -0.3 is 9.72 Å². The Labute approximate surface area is 105 Å². The van der Waals surface area contributed by atoms with E-state index in [1.165, 1.54) is 0 Å². The Balaban J connectivity index is 2.38. The van der Waals surface area contributed by atoms with Crippen molar-refractivity contribution in [1.82, 2.24) is 9.97 Å². The summed E-state index contributed by atoms with van der Waals surface area (Å²) in [7, 11) is 0. The lowest BCUT2D eigenvalue weighted by Gasteiger charge is -2.20. The van der Waals surface area contributed by atoms with Crippen LogP contribution in [0.1, 0.15) is 44.0 Å². The summed E-state index contributed by atoms with van der Waals surface area (Å²) >= 11 is 1.74. The van der Waals surface area contributed by atoms with Crippen LogP contribution in [0.5, 0.6) is 0 Å². The van der Waals surface area contributed by atoms with E-state index in [1.54, 1.807) is 11.8 Å². The second-order valence-corrected chi connectivity index (χ2v) is 5.47. The van der Waals surface area contributed by atoms with Gasteiger partial charge >= 0.3 is 0 Å². The summed E-state index contributed by atoms with van der Waals surface area (Å²) < 4.78 is 5.66. The van der Waals surface area contributed by atoms with Crippen LogP contribution in [-0.4, -0.2) is 16.6 Å². The first-order valence-electron chi connectivity index (χ1n) is 5.94. The van der Waals surface area contributed by atoms with Gasteiger partial charge in [-0.3, -0.25) is 4.79 Å². The molecule has 1 aliphatic rings. The number of nitrogens with one attached hydrogen (secondary N) is 1. The van der Waals surface area contributed by atoms with Gasteiger partial charge in [0, 0.05) is 23.7 Å². The first-order valence-corrected chi connectivity index (χ1v) is 7.10. The first-order chi connectivity index (χ1) is 8.13. The highest BCUT2D eigenvalue weighted by Crippen LogP contribution is 2.28. The SMILES string of the molecule is CCOC(c1nc2c(c(=O)[nH]1)CSC2)C(C)C. The van der Waals surface area contributed by atoms with Gasteiger partial charge in [-0.05, 0) is 12.8 Å². The fourth-order valence-electron chi connectivity index (χ4n) is 1.98. The second-order valence-electron chi connectivity index (χ2n) is 4.49. The van der Waals surface area contributed by atoms with Crippen molar-refractivity contribution in [3.8, 4) is 0 Å². The third kappa shape index (κ3) is 2.55. The molecule has 0 radical (unpaired) electrons. The Kier molecular flexibility index (Phi) is 3.89. The van der Waals surface area contributed by atoms with Gasteiger partial charge in [0.05, 0.1) is 5.69 Å². The molecule has 0 fully saturated rings. The quantitative estimate of drug-likeness (QED) is 0.895. The Hall–Kier alpha value is -0.810. The van der Waals surface area contributed by atoms with Gasteiger partial charge in [0.25, 0.3) is 5.56 Å². The van der Waals surface area contributed by atoms with E-state index in [2.05, 4.69) is 23.8 Å². The zero-order valence-electron chi connectivity index (χ0n) is 10.4. The van der Waals surface area contributed by atoms with Gasteiger partial charge in [0.1, 0.15) is 11.9 Å². The fourth-order valence-corrected chi connectivity index (χ4v) is 3.02. The van der Waals surface area contributed by atoms with Crippen molar-refractivity contribution >= 4 is 11.8 Å². The van der Waals surface area contributed by atoms with Crippen LogP contribution in [0, 0.1) is 5.92 Å². The van der Waals surface area contributed by atoms with E-state index in [0.29, 0.717) is 18.3 Å². The Morgan fingerprint density at radius 1 is 1.47 bits per heavy atom. The maximum Gasteiger partial charge on any atom is 0.255 e. The minimum atomic E-state index is -0.122. The first kappa shape index (κ1) is 12.6. The summed E-state index contributed by atoms with van der Waals surface area (Å²) in [5.41, 5.74) is 1.76. The maximum atomic E-state index is 11.9. The van der Waals surface area contributed by atoms with Crippen molar-refractivity contribution in [2.75, 3.05) is 6.61 Å². The largest absolute Gasteiger partial charge is 0.370 e. The van der Waals surface area contributed by atoms with Gasteiger partial charge in [-0.1, -0.05) is 13.8 Å². The molecule has 0 aromatic carbocycles. The second kappa shape index (κ2) is 5.23. The Morgan fingerprint density at radius 2 is 2.24 bits per heavy atom. The van der Waals surface area contributed by atoms with E-state index in [4.69, 9.17) is 4.74 Å². The van der Waals surface area contributed by atoms with E-state index in [9.17, 15) is 4.79 Å². The molecule has 0 saturated carbocycles. The number of thioether (sulfide) groups is 1. The van der Waals surface area contributed by atoms with E-state index in [-0.39, 0.29) is 11.7 Å². The number of aromatic nitrogens is 2. The molecule has 1 aliphatic heterocycles. The summed E-state index contributed by atoms with van der Waals surface area (Å²) in [5.74, 6) is 2.58. The minimum Gasteiger partial charge on any atom is -0.370 e. The summed E-state index contributed by atoms with van der Waals surface area (Å²) in [6, 6.07) is 0. The van der Waals surface area contributed by atoms with Crippen LogP contribution in [0.15, 0.2) is 4.79 Å². The zero-order valence-corrected chi connectivity index (χ0v) is 11.3. The number of hydrogen-bond acceptors (Lipinski definition) is 4. The summed E-state index contributed by atoms with van der Waals surface area (Å²) in [6.45, 7) is 6.72. The summed E-state index contributed by atoms with van der Waals surface area (Å²) in [5, 5.41) is 0. The van der Waals surface area contributed by atoms with Crippen molar-refractivity contribution < 1.29 is 4.74 Å². The van der Waals surface area contributed by atoms with E-state index in [1.807, 2.05) is 6.92 Å². The van der Waals surface area contributed by atoms with Crippen molar-refractivity contribution in [3.05, 3.63) is 27.4 Å². The zero-order chi connectivity index (χ0) is 12.4. The highest BCUT2D eigenvalue weighted by molar-refractivity contribution is 7.98. The van der Waals surface area contributed by atoms with Crippen LogP contribution in [0.25, 0.3) is 0 Å². The smallest absolute Gasteiger partial charge is 0.255 e. The van der Waals surface area contributed by atoms with Crippen molar-refractivity contribution in [2.45, 2.75) is 38.4 Å². The van der Waals surface area contributed by atoms with Crippen LogP contribution in [0.2, 0.25) is 0 Å². The molecular formula is C12H18N2O2S. The Morgan fingerprint density at radius 3 is 2.88 bits per heavy atom. The molecule has 1 N–H and O–H groups in total. The van der Waals surface area contributed by atoms with Gasteiger partial charge in [-0.2, -0.15) is 11.8 Å². The lowest BCUT2D eigenvalue weighted by atomic mass is 10.1. The number of ether oxygens (including phenoxy) is 1. The highest BCUT2D eigenvalue weighted by Gasteiger charge is 2.23. The van der Waals surface area contributed by atoms with Crippen molar-refractivity contribution in [3.63, 3.8) is 0 Å². The van der Waals surface area contributed by atoms with E-state index in [0.717, 1.165) is 22.8 Å². The molecule has 2 heterocycles. The number of rotatable bonds is 4. The third-order valence-electron chi connectivity index (χ3n) is 2.83. The third-order valence-corrected chi connectivity index (χ3v) is 3.80. The summed E-state index contributed by atoms with van der Waals surface area (Å²) in [6.07, 6.45) is -0.122. The normalized spacial score (nSPS) is 16.2. The molecule has 0 saturated heterocycles. The van der Waals surface area contributed by atoms with Crippen LogP contribution in [0.3, 0.4) is 0 Å². The lowest BCUT2D eigenvalue weighted by molar-refractivity contribution is 0.0229. The number of H-pyrrole nitrogens is 1. The molecular weight excluding hydrogens is 236 g/mol. The molecule has 0 bridgehead atoms.